The zero-order chi connectivity index (χ0) is 14.9. The molecule has 0 aromatic heterocycles. The van der Waals surface area contributed by atoms with Crippen LogP contribution in [-0.2, 0) is 4.79 Å². The highest BCUT2D eigenvalue weighted by Gasteiger charge is 2.42. The molecule has 0 saturated heterocycles. The van der Waals surface area contributed by atoms with E-state index < -0.39 is 17.5 Å². The highest BCUT2D eigenvalue weighted by molar-refractivity contribution is 6.02. The molecule has 1 aliphatic carbocycles. The number of aliphatic carboxylic acids is 1. The standard InChI is InChI=1S/C14H12O6/c15-8-5-6-14(20,13(18)19)11(7-8)9-3-1-2-4-10(9)12(16)17/h1-5,7,15,20H,6H2,(H,16,17)(H,18,19). The van der Waals surface area contributed by atoms with Gasteiger partial charge in [-0.05, 0) is 23.8 Å². The Morgan fingerprint density at radius 2 is 1.80 bits per heavy atom. The Balaban J connectivity index is 2.67. The maximum atomic E-state index is 11.3. The Hall–Kier alpha value is -2.60. The molecule has 0 spiro atoms. The van der Waals surface area contributed by atoms with Crippen LogP contribution in [0, 0.1) is 0 Å². The lowest BCUT2D eigenvalue weighted by Crippen LogP contribution is -2.41. The van der Waals surface area contributed by atoms with Crippen molar-refractivity contribution < 1.29 is 30.0 Å². The zero-order valence-corrected chi connectivity index (χ0v) is 10.3. The molecule has 0 aliphatic heterocycles. The van der Waals surface area contributed by atoms with Crippen LogP contribution in [0.4, 0.5) is 0 Å². The van der Waals surface area contributed by atoms with Gasteiger partial charge in [-0.3, -0.25) is 0 Å². The van der Waals surface area contributed by atoms with Crippen molar-refractivity contribution in [3.63, 3.8) is 0 Å². The lowest BCUT2D eigenvalue weighted by molar-refractivity contribution is -0.152. The van der Waals surface area contributed by atoms with Crippen molar-refractivity contribution in [1.82, 2.24) is 0 Å². The van der Waals surface area contributed by atoms with E-state index in [-0.39, 0.29) is 28.9 Å². The molecule has 4 N–H and O–H groups in total. The van der Waals surface area contributed by atoms with Crippen molar-refractivity contribution in [1.29, 1.82) is 0 Å². The van der Waals surface area contributed by atoms with E-state index in [0.717, 1.165) is 6.08 Å². The van der Waals surface area contributed by atoms with Crippen molar-refractivity contribution >= 4 is 17.5 Å². The van der Waals surface area contributed by atoms with E-state index in [0.29, 0.717) is 0 Å². The molecule has 1 aliphatic rings. The number of hydrogen-bond acceptors (Lipinski definition) is 4. The highest BCUT2D eigenvalue weighted by atomic mass is 16.4. The van der Waals surface area contributed by atoms with Gasteiger partial charge < -0.3 is 20.4 Å². The largest absolute Gasteiger partial charge is 0.508 e. The summed E-state index contributed by atoms with van der Waals surface area (Å²) in [5, 5.41) is 38.1. The summed E-state index contributed by atoms with van der Waals surface area (Å²) in [4.78, 5) is 22.5. The van der Waals surface area contributed by atoms with Crippen molar-refractivity contribution in [2.45, 2.75) is 12.0 Å². The SMILES string of the molecule is O=C(O)c1ccccc1C1=CC(O)=CCC1(O)C(=O)O. The van der Waals surface area contributed by atoms with Gasteiger partial charge in [-0.2, -0.15) is 0 Å². The number of rotatable bonds is 3. The third-order valence-electron chi connectivity index (χ3n) is 3.15. The first-order valence-corrected chi connectivity index (χ1v) is 5.76. The van der Waals surface area contributed by atoms with Gasteiger partial charge in [-0.25, -0.2) is 9.59 Å². The summed E-state index contributed by atoms with van der Waals surface area (Å²) >= 11 is 0. The first-order chi connectivity index (χ1) is 9.36. The predicted molar refractivity (Wildman–Crippen MR) is 69.3 cm³/mol. The summed E-state index contributed by atoms with van der Waals surface area (Å²) in [6.07, 6.45) is 1.90. The molecule has 6 heteroatoms. The van der Waals surface area contributed by atoms with Gasteiger partial charge in [-0.15, -0.1) is 0 Å². The smallest absolute Gasteiger partial charge is 0.340 e. The van der Waals surface area contributed by atoms with Crippen LogP contribution in [0.5, 0.6) is 0 Å². The maximum absolute atomic E-state index is 11.3. The fourth-order valence-electron chi connectivity index (χ4n) is 2.10. The molecule has 20 heavy (non-hydrogen) atoms. The first-order valence-electron chi connectivity index (χ1n) is 5.76. The van der Waals surface area contributed by atoms with Gasteiger partial charge in [0.2, 0.25) is 0 Å². The van der Waals surface area contributed by atoms with Crippen LogP contribution in [0.3, 0.4) is 0 Å². The number of hydrogen-bond donors (Lipinski definition) is 4. The number of aliphatic hydroxyl groups is 2. The van der Waals surface area contributed by atoms with Crippen LogP contribution in [0.15, 0.2) is 42.2 Å². The third kappa shape index (κ3) is 2.17. The molecule has 1 aromatic rings. The van der Waals surface area contributed by atoms with Crippen molar-refractivity contribution in [2.24, 2.45) is 0 Å². The molecule has 6 nitrogen and oxygen atoms in total. The minimum atomic E-state index is -2.27. The Bertz CT molecular complexity index is 643. The number of carboxylic acids is 2. The van der Waals surface area contributed by atoms with Gasteiger partial charge in [-0.1, -0.05) is 18.2 Å². The van der Waals surface area contributed by atoms with E-state index in [1.54, 1.807) is 0 Å². The number of carboxylic acid groups (broad SMARTS) is 2. The highest BCUT2D eigenvalue weighted by Crippen LogP contribution is 2.36. The normalized spacial score (nSPS) is 21.9. The molecule has 0 radical (unpaired) electrons. The lowest BCUT2D eigenvalue weighted by Gasteiger charge is -2.29. The molecule has 0 fully saturated rings. The van der Waals surface area contributed by atoms with Crippen molar-refractivity contribution in [3.05, 3.63) is 53.3 Å². The molecule has 104 valence electrons. The Kier molecular flexibility index (Phi) is 3.33. The fraction of sp³-hybridized carbons (Fsp3) is 0.143. The van der Waals surface area contributed by atoms with Gasteiger partial charge in [0.15, 0.2) is 5.60 Å². The van der Waals surface area contributed by atoms with Gasteiger partial charge >= 0.3 is 11.9 Å². The van der Waals surface area contributed by atoms with E-state index in [2.05, 4.69) is 0 Å². The average molecular weight is 276 g/mol. The zero-order valence-electron chi connectivity index (χ0n) is 10.3. The number of aliphatic hydroxyl groups excluding tert-OH is 1. The van der Waals surface area contributed by atoms with Crippen LogP contribution < -0.4 is 0 Å². The van der Waals surface area contributed by atoms with Gasteiger partial charge in [0, 0.05) is 12.0 Å². The summed E-state index contributed by atoms with van der Waals surface area (Å²) in [7, 11) is 0. The van der Waals surface area contributed by atoms with E-state index in [1.807, 2.05) is 0 Å². The fourth-order valence-corrected chi connectivity index (χ4v) is 2.10. The number of allylic oxidation sites excluding steroid dienone is 1. The molecule has 0 saturated carbocycles. The number of benzene rings is 1. The van der Waals surface area contributed by atoms with Crippen LogP contribution in [-0.4, -0.2) is 38.0 Å². The van der Waals surface area contributed by atoms with E-state index in [4.69, 9.17) is 5.11 Å². The molecule has 1 aromatic carbocycles. The molecule has 0 amide bonds. The summed E-state index contributed by atoms with van der Waals surface area (Å²) in [5.41, 5.74) is -2.50. The monoisotopic (exact) mass is 276 g/mol. The second-order valence-electron chi connectivity index (χ2n) is 4.41. The van der Waals surface area contributed by atoms with E-state index in [1.165, 1.54) is 30.3 Å². The quantitative estimate of drug-likeness (QED) is 0.663. The Labute approximate surface area is 113 Å². The summed E-state index contributed by atoms with van der Waals surface area (Å²) in [6, 6.07) is 5.71. The van der Waals surface area contributed by atoms with Gasteiger partial charge in [0.05, 0.1) is 5.56 Å². The average Bonchev–Trinajstić information content (AvgIpc) is 2.41. The summed E-state index contributed by atoms with van der Waals surface area (Å²) < 4.78 is 0. The molecule has 1 atom stereocenters. The third-order valence-corrected chi connectivity index (χ3v) is 3.15. The van der Waals surface area contributed by atoms with Gasteiger partial charge in [0.25, 0.3) is 0 Å². The van der Waals surface area contributed by atoms with E-state index >= 15 is 0 Å². The van der Waals surface area contributed by atoms with Crippen LogP contribution in [0.1, 0.15) is 22.3 Å². The molecule has 0 bridgehead atoms. The maximum Gasteiger partial charge on any atom is 0.340 e. The Morgan fingerprint density at radius 3 is 2.40 bits per heavy atom. The summed E-state index contributed by atoms with van der Waals surface area (Å²) in [5.74, 6) is -2.97. The summed E-state index contributed by atoms with van der Waals surface area (Å²) in [6.45, 7) is 0. The molecule has 1 unspecified atom stereocenters. The second-order valence-corrected chi connectivity index (χ2v) is 4.41. The molecule has 0 heterocycles. The molecule has 2 rings (SSSR count). The lowest BCUT2D eigenvalue weighted by atomic mass is 9.80. The predicted octanol–water partition coefficient (Wildman–Crippen LogP) is 1.43. The number of carbonyl (C=O) groups is 2. The molecular weight excluding hydrogens is 264 g/mol. The van der Waals surface area contributed by atoms with Crippen LogP contribution in [0.25, 0.3) is 5.57 Å². The molecular formula is C14H12O6. The topological polar surface area (TPSA) is 115 Å². The van der Waals surface area contributed by atoms with Crippen molar-refractivity contribution in [3.8, 4) is 0 Å². The van der Waals surface area contributed by atoms with Gasteiger partial charge in [0.1, 0.15) is 5.76 Å². The minimum Gasteiger partial charge on any atom is -0.508 e. The number of aromatic carboxylic acids is 1. The van der Waals surface area contributed by atoms with Crippen LogP contribution >= 0.6 is 0 Å². The Morgan fingerprint density at radius 1 is 1.15 bits per heavy atom. The van der Waals surface area contributed by atoms with E-state index in [9.17, 15) is 24.9 Å². The van der Waals surface area contributed by atoms with Crippen LogP contribution in [0.2, 0.25) is 0 Å². The first kappa shape index (κ1) is 13.8. The minimum absolute atomic E-state index is 0.0598. The van der Waals surface area contributed by atoms with Crippen molar-refractivity contribution in [2.75, 3.05) is 0 Å². The second kappa shape index (κ2) is 4.82.